The summed E-state index contributed by atoms with van der Waals surface area (Å²) in [5.41, 5.74) is 2.56. The van der Waals surface area contributed by atoms with E-state index in [0.717, 1.165) is 24.8 Å². The number of rotatable bonds is 15. The molecule has 0 saturated carbocycles. The molecule has 1 atom stereocenters. The first-order chi connectivity index (χ1) is 16.4. The Kier molecular flexibility index (Phi) is 10.9. The zero-order chi connectivity index (χ0) is 26.1. The molecule has 0 aliphatic rings. The minimum atomic E-state index is -3.79. The number of β-amino-alcohol motifs (C(OH)–C–C–N with tert-alkyl or cyclic N) is 1. The van der Waals surface area contributed by atoms with Crippen LogP contribution in [-0.4, -0.2) is 60.7 Å². The highest BCUT2D eigenvalue weighted by Crippen LogP contribution is 2.23. The second-order valence-corrected chi connectivity index (χ2v) is 11.7. The van der Waals surface area contributed by atoms with Gasteiger partial charge >= 0.3 is 5.97 Å². The Hall–Kier alpha value is -2.26. The van der Waals surface area contributed by atoms with E-state index in [1.807, 2.05) is 25.1 Å². The Balaban J connectivity index is 1.91. The standard InChI is InChI=1S/C27H40N2O5S/c1-5-23-18-22(14-16-26(31)32)13-15-25(23)35(33,34)29(4)20-24(30)19-28-27(2,3)17-9-12-21-10-7-6-8-11-21/h6-8,10-11,13,15,18,24,28,30H,5,9,12,14,16-17,19-20H2,1-4H3,(H,31,32)/t24-/m0/s1. The second kappa shape index (κ2) is 13.2. The monoisotopic (exact) mass is 504 g/mol. The highest BCUT2D eigenvalue weighted by atomic mass is 32.2. The van der Waals surface area contributed by atoms with E-state index in [9.17, 15) is 18.3 Å². The smallest absolute Gasteiger partial charge is 0.303 e. The zero-order valence-corrected chi connectivity index (χ0v) is 22.1. The number of hydrogen-bond donors (Lipinski definition) is 3. The molecule has 0 aromatic heterocycles. The van der Waals surface area contributed by atoms with Crippen molar-refractivity contribution in [3.05, 3.63) is 65.2 Å². The van der Waals surface area contributed by atoms with Crippen molar-refractivity contribution in [2.24, 2.45) is 0 Å². The SMILES string of the molecule is CCc1cc(CCC(=O)O)ccc1S(=O)(=O)N(C)C[C@@H](O)CNC(C)(C)CCCc1ccccc1. The van der Waals surface area contributed by atoms with E-state index in [0.29, 0.717) is 18.4 Å². The van der Waals surface area contributed by atoms with Crippen LogP contribution in [0.3, 0.4) is 0 Å². The summed E-state index contributed by atoms with van der Waals surface area (Å²) in [7, 11) is -2.32. The van der Waals surface area contributed by atoms with Crippen molar-refractivity contribution < 1.29 is 23.4 Å². The molecule has 0 saturated heterocycles. The normalized spacial score (nSPS) is 13.2. The van der Waals surface area contributed by atoms with Gasteiger partial charge in [-0.2, -0.15) is 4.31 Å². The molecule has 7 nitrogen and oxygen atoms in total. The molecule has 2 aromatic carbocycles. The molecular weight excluding hydrogens is 464 g/mol. The molecule has 2 rings (SSSR count). The molecule has 0 bridgehead atoms. The highest BCUT2D eigenvalue weighted by Gasteiger charge is 2.26. The fraction of sp³-hybridized carbons (Fsp3) is 0.519. The average molecular weight is 505 g/mol. The molecule has 2 aromatic rings. The van der Waals surface area contributed by atoms with Crippen molar-refractivity contribution in [1.82, 2.24) is 9.62 Å². The van der Waals surface area contributed by atoms with E-state index in [1.54, 1.807) is 18.2 Å². The Labute approximate surface area is 210 Å². The molecule has 8 heteroatoms. The number of aliphatic carboxylic acids is 1. The molecule has 194 valence electrons. The Morgan fingerprint density at radius 3 is 2.40 bits per heavy atom. The number of benzene rings is 2. The number of aliphatic hydroxyl groups is 1. The first-order valence-electron chi connectivity index (χ1n) is 12.2. The van der Waals surface area contributed by atoms with E-state index in [-0.39, 0.29) is 29.9 Å². The lowest BCUT2D eigenvalue weighted by atomic mass is 9.95. The molecule has 35 heavy (non-hydrogen) atoms. The summed E-state index contributed by atoms with van der Waals surface area (Å²) in [6, 6.07) is 15.3. The van der Waals surface area contributed by atoms with Gasteiger partial charge in [-0.15, -0.1) is 0 Å². The van der Waals surface area contributed by atoms with Gasteiger partial charge in [0.15, 0.2) is 0 Å². The fourth-order valence-corrected chi connectivity index (χ4v) is 5.54. The number of carboxylic acid groups (broad SMARTS) is 1. The van der Waals surface area contributed by atoms with Crippen LogP contribution in [0, 0.1) is 0 Å². The molecule has 0 amide bonds. The number of likely N-dealkylation sites (N-methyl/N-ethyl adjacent to an activating group) is 1. The first kappa shape index (κ1) is 29.0. The lowest BCUT2D eigenvalue weighted by Crippen LogP contribution is -2.46. The third kappa shape index (κ3) is 9.37. The third-order valence-corrected chi connectivity index (χ3v) is 8.14. The zero-order valence-electron chi connectivity index (χ0n) is 21.3. The summed E-state index contributed by atoms with van der Waals surface area (Å²) in [4.78, 5) is 11.0. The van der Waals surface area contributed by atoms with Gasteiger partial charge in [0.2, 0.25) is 10.0 Å². The van der Waals surface area contributed by atoms with Gasteiger partial charge in [0.1, 0.15) is 0 Å². The fourth-order valence-electron chi connectivity index (χ4n) is 4.06. The maximum absolute atomic E-state index is 13.2. The van der Waals surface area contributed by atoms with Crippen molar-refractivity contribution in [3.8, 4) is 0 Å². The highest BCUT2D eigenvalue weighted by molar-refractivity contribution is 7.89. The lowest BCUT2D eigenvalue weighted by Gasteiger charge is -2.29. The maximum atomic E-state index is 13.2. The number of nitrogens with one attached hydrogen (secondary N) is 1. The van der Waals surface area contributed by atoms with Crippen LogP contribution in [-0.2, 0) is 34.1 Å². The molecule has 0 spiro atoms. The average Bonchev–Trinajstić information content (AvgIpc) is 2.81. The van der Waals surface area contributed by atoms with Crippen LogP contribution in [0.4, 0.5) is 0 Å². The van der Waals surface area contributed by atoms with Gasteiger partial charge in [0.25, 0.3) is 0 Å². The molecule has 3 N–H and O–H groups in total. The predicted octanol–water partition coefficient (Wildman–Crippen LogP) is 3.64. The molecule has 0 unspecified atom stereocenters. The summed E-state index contributed by atoms with van der Waals surface area (Å²) < 4.78 is 27.6. The van der Waals surface area contributed by atoms with Crippen LogP contribution in [0.5, 0.6) is 0 Å². The number of sulfonamides is 1. The van der Waals surface area contributed by atoms with Gasteiger partial charge in [-0.1, -0.05) is 49.4 Å². The summed E-state index contributed by atoms with van der Waals surface area (Å²) in [5, 5.41) is 22.8. The van der Waals surface area contributed by atoms with Gasteiger partial charge in [-0.25, -0.2) is 8.42 Å². The van der Waals surface area contributed by atoms with E-state index >= 15 is 0 Å². The Morgan fingerprint density at radius 2 is 1.77 bits per heavy atom. The van der Waals surface area contributed by atoms with Gasteiger partial charge in [0.05, 0.1) is 11.0 Å². The largest absolute Gasteiger partial charge is 0.481 e. The molecule has 0 aliphatic heterocycles. The van der Waals surface area contributed by atoms with Gasteiger partial charge in [-0.3, -0.25) is 4.79 Å². The van der Waals surface area contributed by atoms with E-state index < -0.39 is 22.1 Å². The molecule has 0 aliphatic carbocycles. The van der Waals surface area contributed by atoms with Crippen molar-refractivity contribution >= 4 is 16.0 Å². The van der Waals surface area contributed by atoms with Crippen molar-refractivity contribution in [2.75, 3.05) is 20.1 Å². The number of hydrogen-bond acceptors (Lipinski definition) is 5. The topological polar surface area (TPSA) is 107 Å². The minimum absolute atomic E-state index is 0.00303. The molecular formula is C27H40N2O5S. The summed E-state index contributed by atoms with van der Waals surface area (Å²) in [5.74, 6) is -0.888. The van der Waals surface area contributed by atoms with Crippen LogP contribution in [0.15, 0.2) is 53.4 Å². The Bertz CT molecular complexity index is 1050. The number of carbonyl (C=O) groups is 1. The number of nitrogens with zero attached hydrogens (tertiary/aromatic N) is 1. The molecule has 0 fully saturated rings. The van der Waals surface area contributed by atoms with Gasteiger partial charge in [-0.05, 0) is 68.7 Å². The van der Waals surface area contributed by atoms with Crippen molar-refractivity contribution in [2.45, 2.75) is 75.8 Å². The van der Waals surface area contributed by atoms with Crippen molar-refractivity contribution in [1.29, 1.82) is 0 Å². The van der Waals surface area contributed by atoms with Crippen LogP contribution >= 0.6 is 0 Å². The predicted molar refractivity (Wildman–Crippen MR) is 139 cm³/mol. The number of aliphatic hydroxyl groups excluding tert-OH is 1. The molecule has 0 heterocycles. The van der Waals surface area contributed by atoms with E-state index in [4.69, 9.17) is 5.11 Å². The van der Waals surface area contributed by atoms with Crippen LogP contribution in [0.25, 0.3) is 0 Å². The maximum Gasteiger partial charge on any atom is 0.303 e. The van der Waals surface area contributed by atoms with Crippen LogP contribution in [0.1, 0.15) is 56.7 Å². The van der Waals surface area contributed by atoms with Crippen LogP contribution in [0.2, 0.25) is 0 Å². The van der Waals surface area contributed by atoms with E-state index in [2.05, 4.69) is 31.3 Å². The lowest BCUT2D eigenvalue weighted by molar-refractivity contribution is -0.136. The van der Waals surface area contributed by atoms with Crippen molar-refractivity contribution in [3.63, 3.8) is 0 Å². The van der Waals surface area contributed by atoms with Crippen LogP contribution < -0.4 is 5.32 Å². The minimum Gasteiger partial charge on any atom is -0.481 e. The number of aryl methyl sites for hydroxylation is 3. The van der Waals surface area contributed by atoms with E-state index in [1.165, 1.54) is 16.9 Å². The summed E-state index contributed by atoms with van der Waals surface area (Å²) in [6.45, 7) is 6.30. The summed E-state index contributed by atoms with van der Waals surface area (Å²) >= 11 is 0. The first-order valence-corrected chi connectivity index (χ1v) is 13.7. The molecule has 0 radical (unpaired) electrons. The quantitative estimate of drug-likeness (QED) is 0.342. The second-order valence-electron chi connectivity index (χ2n) is 9.73. The number of carboxylic acids is 1. The van der Waals surface area contributed by atoms with Gasteiger partial charge in [0, 0.05) is 32.1 Å². The summed E-state index contributed by atoms with van der Waals surface area (Å²) in [6.07, 6.45) is 2.92. The van der Waals surface area contributed by atoms with Gasteiger partial charge < -0.3 is 15.5 Å². The Morgan fingerprint density at radius 1 is 1.09 bits per heavy atom. The third-order valence-electron chi connectivity index (χ3n) is 6.22.